The fourth-order valence-electron chi connectivity index (χ4n) is 5.54. The van der Waals surface area contributed by atoms with Crippen LogP contribution in [0.5, 0.6) is 0 Å². The summed E-state index contributed by atoms with van der Waals surface area (Å²) in [5, 5.41) is 8.95. The number of hydrogen-bond acceptors (Lipinski definition) is 2. The van der Waals surface area contributed by atoms with Crippen molar-refractivity contribution in [3.05, 3.63) is 11.6 Å². The Morgan fingerprint density at radius 1 is 1.06 bits per heavy atom. The number of aryl methyl sites for hydroxylation is 1. The van der Waals surface area contributed by atoms with Crippen LogP contribution >= 0.6 is 0 Å². The van der Waals surface area contributed by atoms with Crippen LogP contribution in [0.15, 0.2) is 0 Å². The molecule has 0 unspecified atom stereocenters. The molecule has 4 fully saturated rings. The van der Waals surface area contributed by atoms with Gasteiger partial charge in [0.05, 0.1) is 0 Å². The number of hydrogen-bond donors (Lipinski definition) is 0. The van der Waals surface area contributed by atoms with Crippen LogP contribution in [0.4, 0.5) is 0 Å². The SMILES string of the molecule is CCn1c(C)nnc1C12CC3CC(CC(C3)C1)C2. The van der Waals surface area contributed by atoms with Gasteiger partial charge in [-0.1, -0.05) is 0 Å². The molecule has 4 saturated carbocycles. The lowest BCUT2D eigenvalue weighted by Gasteiger charge is -2.56. The topological polar surface area (TPSA) is 30.7 Å². The van der Waals surface area contributed by atoms with Gasteiger partial charge in [0, 0.05) is 12.0 Å². The first-order valence-corrected chi connectivity index (χ1v) is 7.60. The quantitative estimate of drug-likeness (QED) is 0.801. The third-order valence-electron chi connectivity index (χ3n) is 5.76. The van der Waals surface area contributed by atoms with Crippen LogP contribution in [0.2, 0.25) is 0 Å². The number of nitrogens with zero attached hydrogens (tertiary/aromatic N) is 3. The van der Waals surface area contributed by atoms with E-state index < -0.39 is 0 Å². The summed E-state index contributed by atoms with van der Waals surface area (Å²) < 4.78 is 2.37. The zero-order chi connectivity index (χ0) is 12.3. The summed E-state index contributed by atoms with van der Waals surface area (Å²) in [6.45, 7) is 5.34. The molecule has 0 N–H and O–H groups in total. The van der Waals surface area contributed by atoms with E-state index in [2.05, 4.69) is 28.6 Å². The molecule has 1 aromatic rings. The minimum Gasteiger partial charge on any atom is -0.315 e. The van der Waals surface area contributed by atoms with Crippen molar-refractivity contribution in [1.29, 1.82) is 0 Å². The Kier molecular flexibility index (Phi) is 2.19. The molecule has 0 aliphatic heterocycles. The van der Waals surface area contributed by atoms with Crippen LogP contribution in [-0.2, 0) is 12.0 Å². The second-order valence-electron chi connectivity index (χ2n) is 7.01. The van der Waals surface area contributed by atoms with Crippen molar-refractivity contribution in [3.8, 4) is 0 Å². The van der Waals surface area contributed by atoms with E-state index in [-0.39, 0.29) is 0 Å². The van der Waals surface area contributed by atoms with Crippen molar-refractivity contribution in [3.63, 3.8) is 0 Å². The van der Waals surface area contributed by atoms with E-state index in [4.69, 9.17) is 0 Å². The minimum atomic E-state index is 0.395. The van der Waals surface area contributed by atoms with Gasteiger partial charge in [-0.25, -0.2) is 0 Å². The van der Waals surface area contributed by atoms with Crippen LogP contribution < -0.4 is 0 Å². The largest absolute Gasteiger partial charge is 0.315 e. The zero-order valence-corrected chi connectivity index (χ0v) is 11.5. The van der Waals surface area contributed by atoms with Gasteiger partial charge >= 0.3 is 0 Å². The fourth-order valence-corrected chi connectivity index (χ4v) is 5.54. The smallest absolute Gasteiger partial charge is 0.139 e. The Hall–Kier alpha value is -0.860. The van der Waals surface area contributed by atoms with E-state index in [1.807, 2.05) is 0 Å². The Morgan fingerprint density at radius 3 is 2.11 bits per heavy atom. The Balaban J connectivity index is 1.79. The maximum atomic E-state index is 4.59. The highest BCUT2D eigenvalue weighted by Crippen LogP contribution is 2.60. The molecular formula is C15H23N3. The van der Waals surface area contributed by atoms with E-state index in [0.717, 1.165) is 30.1 Å². The van der Waals surface area contributed by atoms with E-state index in [1.54, 1.807) is 0 Å². The summed E-state index contributed by atoms with van der Waals surface area (Å²) in [5.74, 6) is 5.38. The zero-order valence-electron chi connectivity index (χ0n) is 11.5. The summed E-state index contributed by atoms with van der Waals surface area (Å²) in [6, 6.07) is 0. The highest BCUT2D eigenvalue weighted by Gasteiger charge is 2.53. The molecule has 4 aliphatic carbocycles. The molecule has 0 radical (unpaired) electrons. The lowest BCUT2D eigenvalue weighted by atomic mass is 9.49. The predicted molar refractivity (Wildman–Crippen MR) is 70.3 cm³/mol. The van der Waals surface area contributed by atoms with Crippen molar-refractivity contribution >= 4 is 0 Å². The van der Waals surface area contributed by atoms with Crippen LogP contribution in [0, 0.1) is 24.7 Å². The molecule has 18 heavy (non-hydrogen) atoms. The van der Waals surface area contributed by atoms with Gasteiger partial charge in [0.1, 0.15) is 11.6 Å². The maximum absolute atomic E-state index is 4.59. The number of rotatable bonds is 2. The summed E-state index contributed by atoms with van der Waals surface area (Å²) in [7, 11) is 0. The summed E-state index contributed by atoms with van der Waals surface area (Å²) in [5.41, 5.74) is 0.395. The highest BCUT2D eigenvalue weighted by molar-refractivity contribution is 5.18. The van der Waals surface area contributed by atoms with Gasteiger partial charge in [-0.05, 0) is 70.1 Å². The van der Waals surface area contributed by atoms with Crippen LogP contribution in [0.1, 0.15) is 57.1 Å². The number of aromatic nitrogens is 3. The van der Waals surface area contributed by atoms with E-state index in [1.165, 1.54) is 44.3 Å². The lowest BCUT2D eigenvalue weighted by molar-refractivity contribution is -0.0111. The molecule has 3 heteroatoms. The van der Waals surface area contributed by atoms with Crippen molar-refractivity contribution in [2.24, 2.45) is 17.8 Å². The van der Waals surface area contributed by atoms with E-state index >= 15 is 0 Å². The Bertz CT molecular complexity index is 439. The summed E-state index contributed by atoms with van der Waals surface area (Å²) in [4.78, 5) is 0. The third-order valence-corrected chi connectivity index (χ3v) is 5.76. The molecule has 4 bridgehead atoms. The molecule has 1 aromatic heterocycles. The Labute approximate surface area is 109 Å². The molecular weight excluding hydrogens is 222 g/mol. The predicted octanol–water partition coefficient (Wildman–Crippen LogP) is 3.07. The molecule has 3 nitrogen and oxygen atoms in total. The van der Waals surface area contributed by atoms with Gasteiger partial charge in [-0.15, -0.1) is 10.2 Å². The van der Waals surface area contributed by atoms with Crippen LogP contribution in [0.25, 0.3) is 0 Å². The van der Waals surface area contributed by atoms with Gasteiger partial charge in [-0.3, -0.25) is 0 Å². The normalized spacial score (nSPS) is 41.6. The molecule has 4 aliphatic rings. The molecule has 0 aromatic carbocycles. The van der Waals surface area contributed by atoms with Crippen LogP contribution in [-0.4, -0.2) is 14.8 Å². The third kappa shape index (κ3) is 1.36. The van der Waals surface area contributed by atoms with Crippen LogP contribution in [0.3, 0.4) is 0 Å². The van der Waals surface area contributed by atoms with E-state index in [9.17, 15) is 0 Å². The second-order valence-corrected chi connectivity index (χ2v) is 7.01. The Morgan fingerprint density at radius 2 is 1.61 bits per heavy atom. The fraction of sp³-hybridized carbons (Fsp3) is 0.867. The highest BCUT2D eigenvalue weighted by atomic mass is 15.3. The van der Waals surface area contributed by atoms with Gasteiger partial charge in [0.15, 0.2) is 0 Å². The maximum Gasteiger partial charge on any atom is 0.139 e. The van der Waals surface area contributed by atoms with Crippen molar-refractivity contribution in [2.45, 2.75) is 64.3 Å². The van der Waals surface area contributed by atoms with Crippen molar-refractivity contribution in [2.75, 3.05) is 0 Å². The lowest BCUT2D eigenvalue weighted by Crippen LogP contribution is -2.49. The minimum absolute atomic E-state index is 0.395. The molecule has 5 rings (SSSR count). The van der Waals surface area contributed by atoms with Gasteiger partial charge in [0.25, 0.3) is 0 Å². The first-order valence-electron chi connectivity index (χ1n) is 7.60. The molecule has 98 valence electrons. The van der Waals surface area contributed by atoms with Crippen molar-refractivity contribution < 1.29 is 0 Å². The molecule has 1 heterocycles. The molecule has 0 saturated heterocycles. The molecule has 0 spiro atoms. The average Bonchev–Trinajstić information content (AvgIpc) is 2.69. The van der Waals surface area contributed by atoms with Crippen molar-refractivity contribution in [1.82, 2.24) is 14.8 Å². The molecule has 0 amide bonds. The molecule has 0 atom stereocenters. The van der Waals surface area contributed by atoms with Gasteiger partial charge < -0.3 is 4.57 Å². The first kappa shape index (κ1) is 11.0. The van der Waals surface area contributed by atoms with E-state index in [0.29, 0.717) is 5.41 Å². The average molecular weight is 245 g/mol. The monoisotopic (exact) mass is 245 g/mol. The second kappa shape index (κ2) is 3.58. The standard InChI is InChI=1S/C15H23N3/c1-3-18-10(2)16-17-14(18)15-7-11-4-12(8-15)6-13(5-11)9-15/h11-13H,3-9H2,1-2H3. The summed E-state index contributed by atoms with van der Waals surface area (Å²) >= 11 is 0. The van der Waals surface area contributed by atoms with Gasteiger partial charge in [-0.2, -0.15) is 0 Å². The van der Waals surface area contributed by atoms with Gasteiger partial charge in [0.2, 0.25) is 0 Å². The summed E-state index contributed by atoms with van der Waals surface area (Å²) in [6.07, 6.45) is 8.65. The first-order chi connectivity index (χ1) is 8.70.